The molecule has 118 valence electrons. The summed E-state index contributed by atoms with van der Waals surface area (Å²) in [6.07, 6.45) is 4.18. The van der Waals surface area contributed by atoms with Gasteiger partial charge in [0.15, 0.2) is 0 Å². The Morgan fingerprint density at radius 1 is 1.23 bits per heavy atom. The molecule has 2 N–H and O–H groups in total. The molecule has 0 aliphatic heterocycles. The van der Waals surface area contributed by atoms with Gasteiger partial charge >= 0.3 is 0 Å². The lowest BCUT2D eigenvalue weighted by atomic mass is 10.1. The summed E-state index contributed by atoms with van der Waals surface area (Å²) in [5, 5.41) is 10.5. The Bertz CT molecular complexity index is 553. The highest BCUT2D eigenvalue weighted by Crippen LogP contribution is 2.10. The molecule has 2 aromatic rings. The summed E-state index contributed by atoms with van der Waals surface area (Å²) in [5.74, 6) is 0.0649. The zero-order valence-corrected chi connectivity index (χ0v) is 13.2. The normalized spacial score (nSPS) is 13.5. The number of rotatable bonds is 8. The van der Waals surface area contributed by atoms with E-state index in [2.05, 4.69) is 22.7 Å². The van der Waals surface area contributed by atoms with E-state index in [0.717, 1.165) is 12.1 Å². The fourth-order valence-corrected chi connectivity index (χ4v) is 2.32. The van der Waals surface area contributed by atoms with Crippen LogP contribution in [0.25, 0.3) is 0 Å². The van der Waals surface area contributed by atoms with E-state index in [1.54, 1.807) is 6.20 Å². The second-order valence-corrected chi connectivity index (χ2v) is 5.53. The topological polar surface area (TPSA) is 59.0 Å². The molecule has 0 spiro atoms. The molecule has 1 aromatic heterocycles. The molecule has 2 rings (SSSR count). The van der Waals surface area contributed by atoms with Crippen LogP contribution >= 0.6 is 0 Å². The van der Waals surface area contributed by atoms with E-state index >= 15 is 0 Å². The summed E-state index contributed by atoms with van der Waals surface area (Å²) < 4.78 is 1.88. The Morgan fingerprint density at radius 2 is 2.00 bits per heavy atom. The minimum atomic E-state index is 0.0372. The predicted molar refractivity (Wildman–Crippen MR) is 87.3 cm³/mol. The highest BCUT2D eigenvalue weighted by atomic mass is 16.1. The smallest absolute Gasteiger partial charge is 0.221 e. The molecule has 1 aromatic carbocycles. The minimum absolute atomic E-state index is 0.0372. The number of carbonyl (C=O) groups excluding carboxylic acids is 1. The van der Waals surface area contributed by atoms with Crippen LogP contribution in [0.3, 0.4) is 0 Å². The van der Waals surface area contributed by atoms with Gasteiger partial charge in [0, 0.05) is 31.4 Å². The number of aromatic nitrogens is 2. The first-order valence-electron chi connectivity index (χ1n) is 7.70. The van der Waals surface area contributed by atoms with Crippen LogP contribution in [0.2, 0.25) is 0 Å². The zero-order valence-electron chi connectivity index (χ0n) is 13.2. The second-order valence-electron chi connectivity index (χ2n) is 5.53. The molecule has 1 heterocycles. The Hall–Kier alpha value is -2.14. The maximum Gasteiger partial charge on any atom is 0.221 e. The van der Waals surface area contributed by atoms with Gasteiger partial charge in [0.25, 0.3) is 0 Å². The number of benzene rings is 1. The lowest BCUT2D eigenvalue weighted by Gasteiger charge is -2.16. The molecule has 5 nitrogen and oxygen atoms in total. The molecular weight excluding hydrogens is 276 g/mol. The third kappa shape index (κ3) is 5.33. The van der Waals surface area contributed by atoms with Crippen molar-refractivity contribution in [2.75, 3.05) is 6.54 Å². The maximum atomic E-state index is 12.0. The summed E-state index contributed by atoms with van der Waals surface area (Å²) in [6, 6.07) is 12.2. The quantitative estimate of drug-likeness (QED) is 0.785. The van der Waals surface area contributed by atoms with Gasteiger partial charge < -0.3 is 10.6 Å². The van der Waals surface area contributed by atoms with Crippen molar-refractivity contribution in [1.82, 2.24) is 20.4 Å². The Labute approximate surface area is 131 Å². The first-order valence-corrected chi connectivity index (χ1v) is 7.70. The average Bonchev–Trinajstić information content (AvgIpc) is 3.01. The van der Waals surface area contributed by atoms with E-state index in [1.165, 1.54) is 0 Å². The first kappa shape index (κ1) is 16.2. The van der Waals surface area contributed by atoms with Gasteiger partial charge in [-0.3, -0.25) is 9.48 Å². The van der Waals surface area contributed by atoms with Crippen molar-refractivity contribution in [2.45, 2.75) is 38.9 Å². The van der Waals surface area contributed by atoms with Crippen LogP contribution in [0.4, 0.5) is 0 Å². The van der Waals surface area contributed by atoms with Crippen LogP contribution < -0.4 is 10.6 Å². The summed E-state index contributed by atoms with van der Waals surface area (Å²) in [7, 11) is 0. The zero-order chi connectivity index (χ0) is 15.8. The largest absolute Gasteiger partial charge is 0.350 e. The van der Waals surface area contributed by atoms with E-state index in [9.17, 15) is 4.79 Å². The van der Waals surface area contributed by atoms with Crippen molar-refractivity contribution < 1.29 is 4.79 Å². The summed E-state index contributed by atoms with van der Waals surface area (Å²) in [6.45, 7) is 5.55. The summed E-state index contributed by atoms with van der Waals surface area (Å²) in [4.78, 5) is 12.0. The molecular formula is C17H24N4O. The van der Waals surface area contributed by atoms with Crippen LogP contribution in [0.5, 0.6) is 0 Å². The SMILES string of the molecule is C[C@@H](Cn1cccn1)NCCC(=O)N[C@H](C)c1ccccc1. The molecule has 2 atom stereocenters. The van der Waals surface area contributed by atoms with E-state index in [1.807, 2.05) is 54.2 Å². The highest BCUT2D eigenvalue weighted by molar-refractivity contribution is 5.76. The highest BCUT2D eigenvalue weighted by Gasteiger charge is 2.09. The lowest BCUT2D eigenvalue weighted by molar-refractivity contribution is -0.121. The first-order chi connectivity index (χ1) is 10.6. The van der Waals surface area contributed by atoms with Crippen molar-refractivity contribution in [3.63, 3.8) is 0 Å². The minimum Gasteiger partial charge on any atom is -0.350 e. The Morgan fingerprint density at radius 3 is 2.68 bits per heavy atom. The predicted octanol–water partition coefficient (Wildman–Crippen LogP) is 2.13. The van der Waals surface area contributed by atoms with Crippen molar-refractivity contribution in [3.05, 3.63) is 54.4 Å². The molecule has 0 saturated heterocycles. The van der Waals surface area contributed by atoms with Gasteiger partial charge in [-0.15, -0.1) is 0 Å². The number of nitrogens with one attached hydrogen (secondary N) is 2. The molecule has 0 saturated carbocycles. The van der Waals surface area contributed by atoms with Crippen LogP contribution in [0.15, 0.2) is 48.8 Å². The summed E-state index contributed by atoms with van der Waals surface area (Å²) >= 11 is 0. The number of nitrogens with zero attached hydrogens (tertiary/aromatic N) is 2. The van der Waals surface area contributed by atoms with E-state index in [0.29, 0.717) is 13.0 Å². The van der Waals surface area contributed by atoms with Crippen molar-refractivity contribution in [2.24, 2.45) is 0 Å². The van der Waals surface area contributed by atoms with Gasteiger partial charge in [0.2, 0.25) is 5.91 Å². The summed E-state index contributed by atoms with van der Waals surface area (Å²) in [5.41, 5.74) is 1.12. The average molecular weight is 300 g/mol. The van der Waals surface area contributed by atoms with Gasteiger partial charge in [0.05, 0.1) is 12.6 Å². The molecule has 5 heteroatoms. The Kier molecular flexibility index (Phi) is 6.15. The van der Waals surface area contributed by atoms with Crippen molar-refractivity contribution in [3.8, 4) is 0 Å². The van der Waals surface area contributed by atoms with Crippen molar-refractivity contribution >= 4 is 5.91 Å². The molecule has 0 unspecified atom stereocenters. The van der Waals surface area contributed by atoms with Gasteiger partial charge in [-0.1, -0.05) is 30.3 Å². The number of hydrogen-bond acceptors (Lipinski definition) is 3. The molecule has 1 amide bonds. The van der Waals surface area contributed by atoms with E-state index in [4.69, 9.17) is 0 Å². The Balaban J connectivity index is 1.65. The van der Waals surface area contributed by atoms with Crippen molar-refractivity contribution in [1.29, 1.82) is 0 Å². The molecule has 0 aliphatic rings. The molecule has 0 bridgehead atoms. The lowest BCUT2D eigenvalue weighted by Crippen LogP contribution is -2.35. The van der Waals surface area contributed by atoms with E-state index < -0.39 is 0 Å². The molecule has 22 heavy (non-hydrogen) atoms. The second kappa shape index (κ2) is 8.34. The number of carbonyl (C=O) groups is 1. The van der Waals surface area contributed by atoms with Gasteiger partial charge in [-0.25, -0.2) is 0 Å². The van der Waals surface area contributed by atoms with Gasteiger partial charge in [-0.2, -0.15) is 5.10 Å². The molecule has 0 aliphatic carbocycles. The molecule has 0 fully saturated rings. The fraction of sp³-hybridized carbons (Fsp3) is 0.412. The number of hydrogen-bond donors (Lipinski definition) is 2. The monoisotopic (exact) mass is 300 g/mol. The van der Waals surface area contributed by atoms with Crippen LogP contribution in [0.1, 0.15) is 31.9 Å². The van der Waals surface area contributed by atoms with Crippen LogP contribution in [-0.4, -0.2) is 28.3 Å². The van der Waals surface area contributed by atoms with Gasteiger partial charge in [-0.05, 0) is 25.5 Å². The fourth-order valence-electron chi connectivity index (χ4n) is 2.32. The van der Waals surface area contributed by atoms with E-state index in [-0.39, 0.29) is 18.0 Å². The standard InChI is InChI=1S/C17H24N4O/c1-14(13-21-12-6-10-19-21)18-11-9-17(22)20-15(2)16-7-4-3-5-8-16/h3-8,10,12,14-15,18H,9,11,13H2,1-2H3,(H,20,22)/t14-,15+/m0/s1. The van der Waals surface area contributed by atoms with Gasteiger partial charge in [0.1, 0.15) is 0 Å². The van der Waals surface area contributed by atoms with Crippen LogP contribution in [-0.2, 0) is 11.3 Å². The third-order valence-corrected chi connectivity index (χ3v) is 3.54. The maximum absolute atomic E-state index is 12.0. The third-order valence-electron chi connectivity index (χ3n) is 3.54. The molecule has 0 radical (unpaired) electrons. The number of amides is 1. The van der Waals surface area contributed by atoms with Crippen LogP contribution in [0, 0.1) is 0 Å².